The molecule has 0 radical (unpaired) electrons. The molecule has 0 unspecified atom stereocenters. The van der Waals surface area contributed by atoms with Gasteiger partial charge in [-0.1, -0.05) is 24.3 Å². The molecule has 0 heterocycles. The molecule has 0 aliphatic rings. The van der Waals surface area contributed by atoms with Crippen molar-refractivity contribution in [2.75, 3.05) is 11.5 Å². The van der Waals surface area contributed by atoms with Gasteiger partial charge in [0.2, 0.25) is 0 Å². The number of nitrogen functional groups attached to an aromatic ring is 2. The van der Waals surface area contributed by atoms with Crippen LogP contribution in [-0.4, -0.2) is 0 Å². The smallest absolute Gasteiger partial charge is 0.872 e. The van der Waals surface area contributed by atoms with Crippen LogP contribution in [0.25, 0.3) is 0 Å². The third-order valence-electron chi connectivity index (χ3n) is 1.76. The molecule has 0 fully saturated rings. The van der Waals surface area contributed by atoms with Crippen LogP contribution in [0.3, 0.4) is 0 Å². The molecule has 0 amide bonds. The molecule has 4 N–H and O–H groups in total. The van der Waals surface area contributed by atoms with E-state index in [1.54, 1.807) is 24.3 Å². The molecular weight excluding hydrogens is 250 g/mol. The Hall–Kier alpha value is -0.360. The van der Waals surface area contributed by atoms with Gasteiger partial charge in [0.15, 0.2) is 0 Å². The maximum Gasteiger partial charge on any atom is 1.00 e. The number of rotatable bonds is 0. The molecule has 2 rings (SSSR count). The summed E-state index contributed by atoms with van der Waals surface area (Å²) in [6.07, 6.45) is 0. The van der Waals surface area contributed by atoms with E-state index in [-0.39, 0.29) is 70.6 Å². The van der Waals surface area contributed by atoms with Gasteiger partial charge in [-0.05, 0) is 24.3 Å². The van der Waals surface area contributed by atoms with E-state index in [0.29, 0.717) is 11.4 Å². The third-order valence-corrected chi connectivity index (χ3v) is 1.76. The Morgan fingerprint density at radius 2 is 0.778 bits per heavy atom. The molecule has 0 atom stereocenters. The zero-order chi connectivity index (χ0) is 12.0. The molecule has 4 nitrogen and oxygen atoms in total. The first kappa shape index (κ1) is 20.0. The van der Waals surface area contributed by atoms with Crippen LogP contribution in [0.1, 0.15) is 0 Å². The van der Waals surface area contributed by atoms with E-state index in [9.17, 15) is 10.2 Å². The Balaban J connectivity index is 0. The minimum Gasteiger partial charge on any atom is -0.872 e. The fraction of sp³-hybridized carbons (Fsp3) is 0. The third kappa shape index (κ3) is 8.69. The van der Waals surface area contributed by atoms with Crippen molar-refractivity contribution in [3.05, 3.63) is 48.5 Å². The monoisotopic (exact) mass is 262 g/mol. The Bertz CT molecular complexity index is 347. The Morgan fingerprint density at radius 3 is 0.944 bits per heavy atom. The van der Waals surface area contributed by atoms with Crippen molar-refractivity contribution in [2.24, 2.45) is 0 Å². The van der Waals surface area contributed by atoms with Gasteiger partial charge in [0.25, 0.3) is 0 Å². The molecule has 84 valence electrons. The fourth-order valence-corrected chi connectivity index (χ4v) is 0.936. The summed E-state index contributed by atoms with van der Waals surface area (Å²) in [7, 11) is 0. The second-order valence-electron chi connectivity index (χ2n) is 3.14. The van der Waals surface area contributed by atoms with Crippen LogP contribution in [0.5, 0.6) is 11.5 Å². The maximum atomic E-state index is 10.4. The Kier molecular flexibility index (Phi) is 11.7. The van der Waals surface area contributed by atoms with Gasteiger partial charge in [0.05, 0.1) is 0 Å². The number of benzene rings is 2. The number of nitrogens with two attached hydrogens (primary N) is 2. The molecule has 2 aromatic carbocycles. The van der Waals surface area contributed by atoms with Crippen molar-refractivity contribution in [1.82, 2.24) is 0 Å². The summed E-state index contributed by atoms with van der Waals surface area (Å²) in [6, 6.07) is 12.1. The van der Waals surface area contributed by atoms with Crippen molar-refractivity contribution >= 4 is 11.4 Å². The average Bonchev–Trinajstić information content (AvgIpc) is 2.28. The summed E-state index contributed by atoms with van der Waals surface area (Å²) in [5.74, 6) is -0.00148. The number of anilines is 2. The SMILES string of the molecule is Nc1ccc([O-])cc1.Nc1ccc([O-])cc1.[Na+].[Na+]. The van der Waals surface area contributed by atoms with Crippen LogP contribution in [0.4, 0.5) is 11.4 Å². The summed E-state index contributed by atoms with van der Waals surface area (Å²) in [6.45, 7) is 0. The van der Waals surface area contributed by atoms with Gasteiger partial charge in [0.1, 0.15) is 0 Å². The molecule has 0 saturated carbocycles. The van der Waals surface area contributed by atoms with Crippen molar-refractivity contribution in [3.63, 3.8) is 0 Å². The van der Waals surface area contributed by atoms with E-state index in [4.69, 9.17) is 11.5 Å². The van der Waals surface area contributed by atoms with Crippen molar-refractivity contribution < 1.29 is 69.3 Å². The standard InChI is InChI=1S/2C6H7NO.2Na/c2*7-5-1-3-6(8)4-2-5;;/h2*1-4,8H,7H2;;/q;;2*+1/p-2. The predicted octanol–water partition coefficient (Wildman–Crippen LogP) is -5.31. The first-order chi connectivity index (χ1) is 7.58. The van der Waals surface area contributed by atoms with E-state index in [1.165, 1.54) is 24.3 Å². The normalized spacial score (nSPS) is 8.00. The zero-order valence-electron chi connectivity index (χ0n) is 10.6. The molecule has 0 bridgehead atoms. The Labute approximate surface area is 151 Å². The van der Waals surface area contributed by atoms with E-state index in [0.717, 1.165) is 0 Å². The largest absolute Gasteiger partial charge is 1.00 e. The zero-order valence-corrected chi connectivity index (χ0v) is 14.6. The van der Waals surface area contributed by atoms with Gasteiger partial charge in [-0.25, -0.2) is 0 Å². The predicted molar refractivity (Wildman–Crippen MR) is 60.6 cm³/mol. The van der Waals surface area contributed by atoms with E-state index >= 15 is 0 Å². The van der Waals surface area contributed by atoms with Crippen molar-refractivity contribution in [1.29, 1.82) is 0 Å². The molecule has 0 saturated heterocycles. The summed E-state index contributed by atoms with van der Waals surface area (Å²) in [5, 5.41) is 20.7. The molecule has 0 spiro atoms. The quantitative estimate of drug-likeness (QED) is 0.366. The van der Waals surface area contributed by atoms with Gasteiger partial charge < -0.3 is 21.7 Å². The number of hydrogen-bond donors (Lipinski definition) is 2. The number of hydrogen-bond acceptors (Lipinski definition) is 4. The first-order valence-corrected chi connectivity index (χ1v) is 4.63. The molecule has 0 aliphatic heterocycles. The topological polar surface area (TPSA) is 98.2 Å². The van der Waals surface area contributed by atoms with Crippen LogP contribution in [0, 0.1) is 0 Å². The molecule has 2 aromatic rings. The average molecular weight is 262 g/mol. The first-order valence-electron chi connectivity index (χ1n) is 4.63. The van der Waals surface area contributed by atoms with Crippen LogP contribution in [0.2, 0.25) is 0 Å². The van der Waals surface area contributed by atoms with Gasteiger partial charge in [-0.15, -0.1) is 11.5 Å². The summed E-state index contributed by atoms with van der Waals surface area (Å²) in [4.78, 5) is 0. The summed E-state index contributed by atoms with van der Waals surface area (Å²) >= 11 is 0. The van der Waals surface area contributed by atoms with E-state index in [2.05, 4.69) is 0 Å². The molecular formula is C12H12N2Na2O2. The molecule has 18 heavy (non-hydrogen) atoms. The molecule has 6 heteroatoms. The second kappa shape index (κ2) is 10.6. The minimum atomic E-state index is -0.000741. The van der Waals surface area contributed by atoms with E-state index < -0.39 is 0 Å². The van der Waals surface area contributed by atoms with E-state index in [1.807, 2.05) is 0 Å². The summed E-state index contributed by atoms with van der Waals surface area (Å²) in [5.41, 5.74) is 11.8. The second-order valence-corrected chi connectivity index (χ2v) is 3.14. The van der Waals surface area contributed by atoms with Gasteiger partial charge in [0, 0.05) is 11.4 Å². The maximum absolute atomic E-state index is 10.4. The van der Waals surface area contributed by atoms with Gasteiger partial charge in [-0.2, -0.15) is 0 Å². The van der Waals surface area contributed by atoms with Crippen molar-refractivity contribution in [2.45, 2.75) is 0 Å². The Morgan fingerprint density at radius 1 is 0.556 bits per heavy atom. The van der Waals surface area contributed by atoms with Gasteiger partial charge >= 0.3 is 59.1 Å². The summed E-state index contributed by atoms with van der Waals surface area (Å²) < 4.78 is 0. The molecule has 0 aliphatic carbocycles. The molecule has 0 aromatic heterocycles. The van der Waals surface area contributed by atoms with Gasteiger partial charge in [-0.3, -0.25) is 0 Å². The van der Waals surface area contributed by atoms with Crippen molar-refractivity contribution in [3.8, 4) is 11.5 Å². The van der Waals surface area contributed by atoms with Crippen LogP contribution in [-0.2, 0) is 0 Å². The van der Waals surface area contributed by atoms with Crippen LogP contribution < -0.4 is 80.8 Å². The van der Waals surface area contributed by atoms with Crippen LogP contribution in [0.15, 0.2) is 48.5 Å². The van der Waals surface area contributed by atoms with Crippen LogP contribution >= 0.6 is 0 Å². The minimum absolute atomic E-state index is 0. The fourth-order valence-electron chi connectivity index (χ4n) is 0.936.